The molecule has 56 heavy (non-hydrogen) atoms. The number of nitrogens with zero attached hydrogens (tertiary/aromatic N) is 6. The first-order valence-corrected chi connectivity index (χ1v) is 18.9. The number of ketones is 1. The van der Waals surface area contributed by atoms with E-state index in [1.54, 1.807) is 26.8 Å². The molecule has 2 atom stereocenters. The van der Waals surface area contributed by atoms with Crippen molar-refractivity contribution in [2.75, 3.05) is 91.6 Å². The van der Waals surface area contributed by atoms with Crippen LogP contribution in [0.5, 0.6) is 0 Å². The van der Waals surface area contributed by atoms with Gasteiger partial charge in [-0.05, 0) is 44.7 Å². The van der Waals surface area contributed by atoms with Crippen molar-refractivity contribution in [1.82, 2.24) is 40.1 Å². The number of rotatable bonds is 19. The van der Waals surface area contributed by atoms with Gasteiger partial charge in [0.15, 0.2) is 0 Å². The maximum Gasteiger partial charge on any atom is 0.475 e. The van der Waals surface area contributed by atoms with Crippen LogP contribution in [-0.2, 0) is 35.2 Å². The Morgan fingerprint density at radius 1 is 0.768 bits per heavy atom. The maximum atomic E-state index is 12.9. The summed E-state index contributed by atoms with van der Waals surface area (Å²) in [7, 11) is -1.65. The Kier molecular flexibility index (Phi) is 19.3. The number of Topliss-reactive ketones (excluding diaryl/α,β-unsaturated/α-hetero) is 1. The lowest BCUT2D eigenvalue weighted by Gasteiger charge is -2.32. The SMILES string of the molecule is C[C@@H](NC(=O)c1ccc(CCC(=O)CCCNC(=O)CN2CCN(CC(=O)O)CCN(CC(=O)O)CCN(CC(=O)O)CC2)nc1)C(=O)N1CCC[C@H]1B(O)O. The number of hydrogen-bond acceptors (Lipinski definition) is 14. The first kappa shape index (κ1) is 45.9. The summed E-state index contributed by atoms with van der Waals surface area (Å²) < 4.78 is 0. The monoisotopic (exact) mass is 790 g/mol. The molecule has 20 nitrogen and oxygen atoms in total. The van der Waals surface area contributed by atoms with E-state index in [0.717, 1.165) is 0 Å². The van der Waals surface area contributed by atoms with Gasteiger partial charge in [0.05, 0.1) is 37.7 Å². The molecule has 2 aliphatic heterocycles. The zero-order chi connectivity index (χ0) is 41.2. The number of likely N-dealkylation sites (tertiary alicyclic amines) is 1. The molecule has 2 aliphatic rings. The first-order chi connectivity index (χ1) is 26.6. The topological polar surface area (TPSA) is 274 Å². The average Bonchev–Trinajstić information content (AvgIpc) is 3.63. The second kappa shape index (κ2) is 23.5. The van der Waals surface area contributed by atoms with Crippen molar-refractivity contribution in [3.63, 3.8) is 0 Å². The van der Waals surface area contributed by atoms with E-state index in [1.165, 1.54) is 18.0 Å². The highest BCUT2D eigenvalue weighted by molar-refractivity contribution is 6.43. The summed E-state index contributed by atoms with van der Waals surface area (Å²) in [5.41, 5.74) is 0.819. The summed E-state index contributed by atoms with van der Waals surface area (Å²) in [5.74, 6) is -5.09. The second-order valence-electron chi connectivity index (χ2n) is 14.2. The molecule has 0 spiro atoms. The van der Waals surface area contributed by atoms with Gasteiger partial charge in [-0.25, -0.2) is 0 Å². The molecule has 2 saturated heterocycles. The molecule has 0 aromatic carbocycles. The van der Waals surface area contributed by atoms with Crippen LogP contribution in [0.2, 0.25) is 0 Å². The molecule has 0 saturated carbocycles. The third-order valence-electron chi connectivity index (χ3n) is 9.72. The highest BCUT2D eigenvalue weighted by atomic mass is 16.4. The lowest BCUT2D eigenvalue weighted by atomic mass is 9.78. The normalized spacial score (nSPS) is 18.6. The van der Waals surface area contributed by atoms with Crippen LogP contribution in [0.1, 0.15) is 55.1 Å². The van der Waals surface area contributed by atoms with E-state index in [9.17, 15) is 58.9 Å². The summed E-state index contributed by atoms with van der Waals surface area (Å²) >= 11 is 0. The molecule has 0 aliphatic carbocycles. The minimum absolute atomic E-state index is 0.0252. The predicted molar refractivity (Wildman–Crippen MR) is 200 cm³/mol. The summed E-state index contributed by atoms with van der Waals surface area (Å²) in [5, 5.41) is 52.6. The molecular weight excluding hydrogens is 735 g/mol. The number of aliphatic carboxylic acids is 3. The molecule has 310 valence electrons. The maximum absolute atomic E-state index is 12.9. The molecule has 0 unspecified atom stereocenters. The fraction of sp³-hybridized carbons (Fsp3) is 0.657. The molecule has 2 fully saturated rings. The van der Waals surface area contributed by atoms with Crippen molar-refractivity contribution in [2.24, 2.45) is 0 Å². The molecule has 3 rings (SSSR count). The van der Waals surface area contributed by atoms with Crippen LogP contribution in [-0.4, -0.2) is 207 Å². The van der Waals surface area contributed by atoms with Crippen molar-refractivity contribution in [2.45, 2.75) is 57.4 Å². The van der Waals surface area contributed by atoms with Crippen LogP contribution in [0, 0.1) is 0 Å². The lowest BCUT2D eigenvalue weighted by molar-refractivity contribution is -0.140. The Morgan fingerprint density at radius 3 is 1.75 bits per heavy atom. The van der Waals surface area contributed by atoms with Gasteiger partial charge in [-0.15, -0.1) is 0 Å². The molecule has 0 radical (unpaired) electrons. The van der Waals surface area contributed by atoms with Gasteiger partial charge < -0.3 is 40.9 Å². The fourth-order valence-electron chi connectivity index (χ4n) is 6.62. The largest absolute Gasteiger partial charge is 0.480 e. The number of pyridine rings is 1. The van der Waals surface area contributed by atoms with Crippen LogP contribution in [0.4, 0.5) is 0 Å². The summed E-state index contributed by atoms with van der Waals surface area (Å²) in [6.07, 6.45) is 3.62. The predicted octanol–water partition coefficient (Wildman–Crippen LogP) is -2.92. The van der Waals surface area contributed by atoms with Crippen molar-refractivity contribution < 1.29 is 58.9 Å². The standard InChI is InChI=1S/C35H55BN8O12/c1-25(35(54)44-11-3-5-29(44)36(55)56)39-34(53)26-6-7-27(38-20-26)8-9-28(45)4-2-10-37-30(46)21-40-12-14-41(22-31(47)48)16-18-43(24-33(51)52)19-17-42(15-13-40)23-32(49)50/h6-7,20,25,29,55-56H,2-5,8-19,21-24H2,1H3,(H,37,46)(H,39,53)(H,47,48)(H,49,50)(H,51,52)/t25-,29+/m1/s1. The van der Waals surface area contributed by atoms with Crippen LogP contribution >= 0.6 is 0 Å². The number of nitrogens with one attached hydrogen (secondary N) is 2. The number of amides is 3. The molecule has 1 aromatic rings. The van der Waals surface area contributed by atoms with E-state index in [4.69, 9.17) is 0 Å². The molecule has 21 heteroatoms. The van der Waals surface area contributed by atoms with Gasteiger partial charge in [-0.1, -0.05) is 0 Å². The van der Waals surface area contributed by atoms with Gasteiger partial charge >= 0.3 is 25.0 Å². The Labute approximate surface area is 325 Å². The lowest BCUT2D eigenvalue weighted by Crippen LogP contribution is -2.52. The van der Waals surface area contributed by atoms with Crippen molar-refractivity contribution in [3.05, 3.63) is 29.6 Å². The van der Waals surface area contributed by atoms with Crippen molar-refractivity contribution >= 4 is 48.5 Å². The van der Waals surface area contributed by atoms with E-state index >= 15 is 0 Å². The van der Waals surface area contributed by atoms with E-state index in [0.29, 0.717) is 51.0 Å². The van der Waals surface area contributed by atoms with E-state index in [1.807, 2.05) is 4.90 Å². The van der Waals surface area contributed by atoms with Crippen LogP contribution < -0.4 is 10.6 Å². The molecule has 1 aromatic heterocycles. The molecule has 7 N–H and O–H groups in total. The number of carboxylic acids is 3. The zero-order valence-corrected chi connectivity index (χ0v) is 31.9. The van der Waals surface area contributed by atoms with E-state index in [-0.39, 0.29) is 102 Å². The first-order valence-electron chi connectivity index (χ1n) is 18.9. The number of hydrogen-bond donors (Lipinski definition) is 7. The number of carboxylic acid groups (broad SMARTS) is 3. The summed E-state index contributed by atoms with van der Waals surface area (Å²) in [6.45, 7) is 3.62. The van der Waals surface area contributed by atoms with Gasteiger partial charge in [-0.2, -0.15) is 0 Å². The minimum atomic E-state index is -1.65. The fourth-order valence-corrected chi connectivity index (χ4v) is 6.62. The molecule has 3 heterocycles. The minimum Gasteiger partial charge on any atom is -0.480 e. The van der Waals surface area contributed by atoms with Gasteiger partial charge in [0.2, 0.25) is 11.8 Å². The number of carbonyl (C=O) groups is 7. The molecule has 3 amide bonds. The van der Waals surface area contributed by atoms with Crippen LogP contribution in [0.15, 0.2) is 18.3 Å². The smallest absolute Gasteiger partial charge is 0.475 e. The number of aryl methyl sites for hydroxylation is 1. The van der Waals surface area contributed by atoms with E-state index < -0.39 is 48.8 Å². The highest BCUT2D eigenvalue weighted by Crippen LogP contribution is 2.19. The third kappa shape index (κ3) is 16.7. The quantitative estimate of drug-likeness (QED) is 0.0546. The van der Waals surface area contributed by atoms with Crippen molar-refractivity contribution in [1.29, 1.82) is 0 Å². The molecular formula is C35H55BN8O12. The van der Waals surface area contributed by atoms with Crippen LogP contribution in [0.25, 0.3) is 0 Å². The average molecular weight is 791 g/mol. The number of aromatic nitrogens is 1. The van der Waals surface area contributed by atoms with Gasteiger partial charge in [0.25, 0.3) is 5.91 Å². The summed E-state index contributed by atoms with van der Waals surface area (Å²) in [6, 6.07) is 2.29. The Hall–Kier alpha value is -4.54. The number of carbonyl (C=O) groups excluding carboxylic acids is 4. The Morgan fingerprint density at radius 2 is 1.29 bits per heavy atom. The van der Waals surface area contributed by atoms with Crippen molar-refractivity contribution in [3.8, 4) is 0 Å². The van der Waals surface area contributed by atoms with Crippen LogP contribution in [0.3, 0.4) is 0 Å². The Bertz CT molecular complexity index is 1470. The van der Waals surface area contributed by atoms with Gasteiger partial charge in [-0.3, -0.25) is 58.1 Å². The van der Waals surface area contributed by atoms with E-state index in [2.05, 4.69) is 15.6 Å². The third-order valence-corrected chi connectivity index (χ3v) is 9.72. The summed E-state index contributed by atoms with van der Waals surface area (Å²) in [4.78, 5) is 97.8. The Balaban J connectivity index is 1.42. The second-order valence-corrected chi connectivity index (χ2v) is 14.2. The highest BCUT2D eigenvalue weighted by Gasteiger charge is 2.38. The zero-order valence-electron chi connectivity index (χ0n) is 31.9. The van der Waals surface area contributed by atoms with Gasteiger partial charge in [0.1, 0.15) is 11.8 Å². The molecule has 0 bridgehead atoms. The van der Waals surface area contributed by atoms with Gasteiger partial charge in [0, 0.05) is 90.2 Å².